The topological polar surface area (TPSA) is 46.2 Å². The zero-order valence-electron chi connectivity index (χ0n) is 13.9. The number of benzene rings is 2. The van der Waals surface area contributed by atoms with Crippen LogP contribution in [0.15, 0.2) is 36.4 Å². The second-order valence-electron chi connectivity index (χ2n) is 6.01. The van der Waals surface area contributed by atoms with Gasteiger partial charge in [0.05, 0.1) is 16.8 Å². The van der Waals surface area contributed by atoms with Gasteiger partial charge in [0.25, 0.3) is 0 Å². The van der Waals surface area contributed by atoms with Crippen molar-refractivity contribution in [1.82, 2.24) is 0 Å². The third-order valence-electron chi connectivity index (χ3n) is 4.43. The standard InChI is InChI=1S/C18H10F7NO2/c1-26-13-11(16(19,20)17(21,22)18(23,24)25)7-6-10-12(13)15(28)9-5-3-2-4-8(9)14(10)27/h2-7,26H,1H3. The number of alkyl halides is 7. The second kappa shape index (κ2) is 6.05. The van der Waals surface area contributed by atoms with Crippen LogP contribution in [0.2, 0.25) is 0 Å². The van der Waals surface area contributed by atoms with Gasteiger partial charge >= 0.3 is 18.0 Å². The molecule has 0 amide bonds. The van der Waals surface area contributed by atoms with Gasteiger partial charge < -0.3 is 5.32 Å². The number of rotatable bonds is 3. The average Bonchev–Trinajstić information content (AvgIpc) is 2.63. The van der Waals surface area contributed by atoms with Gasteiger partial charge in [-0.3, -0.25) is 9.59 Å². The lowest BCUT2D eigenvalue weighted by Gasteiger charge is -2.31. The molecular weight excluding hydrogens is 395 g/mol. The molecule has 0 saturated heterocycles. The van der Waals surface area contributed by atoms with Gasteiger partial charge in [-0.1, -0.05) is 24.3 Å². The first-order valence-corrected chi connectivity index (χ1v) is 7.72. The number of carbonyl (C=O) groups excluding carboxylic acids is 2. The van der Waals surface area contributed by atoms with Gasteiger partial charge in [-0.25, -0.2) is 0 Å². The van der Waals surface area contributed by atoms with Gasteiger partial charge in [0.2, 0.25) is 0 Å². The molecule has 148 valence electrons. The molecule has 0 bridgehead atoms. The fraction of sp³-hybridized carbons (Fsp3) is 0.222. The Morgan fingerprint density at radius 3 is 1.79 bits per heavy atom. The highest BCUT2D eigenvalue weighted by molar-refractivity contribution is 6.30. The molecule has 0 aromatic heterocycles. The van der Waals surface area contributed by atoms with E-state index in [1.165, 1.54) is 24.3 Å². The minimum absolute atomic E-state index is 0.0258. The molecule has 28 heavy (non-hydrogen) atoms. The highest BCUT2D eigenvalue weighted by atomic mass is 19.4. The molecule has 0 saturated carbocycles. The van der Waals surface area contributed by atoms with Crippen molar-refractivity contribution in [3.63, 3.8) is 0 Å². The molecule has 1 aliphatic rings. The van der Waals surface area contributed by atoms with E-state index < -0.39 is 46.4 Å². The molecular formula is C18H10F7NO2. The van der Waals surface area contributed by atoms with Crippen LogP contribution >= 0.6 is 0 Å². The molecule has 0 atom stereocenters. The molecule has 2 aromatic carbocycles. The van der Waals surface area contributed by atoms with Gasteiger partial charge in [-0.05, 0) is 12.1 Å². The second-order valence-corrected chi connectivity index (χ2v) is 6.01. The molecule has 3 nitrogen and oxygen atoms in total. The van der Waals surface area contributed by atoms with Crippen LogP contribution in [-0.4, -0.2) is 30.7 Å². The smallest absolute Gasteiger partial charge is 0.387 e. The summed E-state index contributed by atoms with van der Waals surface area (Å²) in [5, 5.41) is 2.08. The minimum Gasteiger partial charge on any atom is -0.387 e. The van der Waals surface area contributed by atoms with Crippen molar-refractivity contribution in [1.29, 1.82) is 0 Å². The van der Waals surface area contributed by atoms with Gasteiger partial charge in [-0.2, -0.15) is 30.7 Å². The van der Waals surface area contributed by atoms with E-state index in [4.69, 9.17) is 0 Å². The summed E-state index contributed by atoms with van der Waals surface area (Å²) in [4.78, 5) is 25.3. The Bertz CT molecular complexity index is 996. The van der Waals surface area contributed by atoms with Crippen LogP contribution in [-0.2, 0) is 5.92 Å². The molecule has 1 aliphatic carbocycles. The molecule has 0 heterocycles. The molecule has 1 N–H and O–H groups in total. The van der Waals surface area contributed by atoms with Crippen LogP contribution in [0.3, 0.4) is 0 Å². The maximum atomic E-state index is 14.3. The largest absolute Gasteiger partial charge is 0.460 e. The summed E-state index contributed by atoms with van der Waals surface area (Å²) < 4.78 is 93.2. The third-order valence-corrected chi connectivity index (χ3v) is 4.43. The third kappa shape index (κ3) is 2.50. The van der Waals surface area contributed by atoms with Crippen molar-refractivity contribution >= 4 is 17.3 Å². The molecule has 0 fully saturated rings. The molecule has 0 radical (unpaired) electrons. The molecule has 2 aromatic rings. The zero-order chi connectivity index (χ0) is 21.1. The van der Waals surface area contributed by atoms with Gasteiger partial charge in [-0.15, -0.1) is 0 Å². The first-order valence-electron chi connectivity index (χ1n) is 7.72. The van der Waals surface area contributed by atoms with Crippen molar-refractivity contribution in [2.75, 3.05) is 12.4 Å². The Balaban J connectivity index is 2.29. The number of anilines is 1. The van der Waals surface area contributed by atoms with E-state index >= 15 is 0 Å². The highest BCUT2D eigenvalue weighted by Crippen LogP contribution is 2.54. The van der Waals surface area contributed by atoms with E-state index in [1.54, 1.807) is 0 Å². The lowest BCUT2D eigenvalue weighted by Crippen LogP contribution is -2.50. The van der Waals surface area contributed by atoms with Crippen molar-refractivity contribution < 1.29 is 40.3 Å². The van der Waals surface area contributed by atoms with E-state index in [1.807, 2.05) is 0 Å². The van der Waals surface area contributed by atoms with Crippen molar-refractivity contribution in [2.45, 2.75) is 18.0 Å². The van der Waals surface area contributed by atoms with E-state index in [9.17, 15) is 40.3 Å². The summed E-state index contributed by atoms with van der Waals surface area (Å²) in [5.41, 5.74) is -3.94. The Morgan fingerprint density at radius 1 is 0.750 bits per heavy atom. The number of hydrogen-bond donors (Lipinski definition) is 1. The average molecular weight is 405 g/mol. The first-order chi connectivity index (χ1) is 12.9. The van der Waals surface area contributed by atoms with E-state index in [2.05, 4.69) is 5.32 Å². The summed E-state index contributed by atoms with van der Waals surface area (Å²) in [6.07, 6.45) is -6.54. The first kappa shape index (κ1) is 19.8. The molecule has 0 spiro atoms. The van der Waals surface area contributed by atoms with Crippen LogP contribution in [0.4, 0.5) is 36.4 Å². The predicted molar refractivity (Wildman–Crippen MR) is 84.2 cm³/mol. The molecule has 3 rings (SSSR count). The minimum atomic E-state index is -6.54. The lowest BCUT2D eigenvalue weighted by molar-refractivity contribution is -0.359. The number of hydrogen-bond acceptors (Lipinski definition) is 3. The predicted octanol–water partition coefficient (Wildman–Crippen LogP) is 4.79. The van der Waals surface area contributed by atoms with Gasteiger partial charge in [0.1, 0.15) is 0 Å². The van der Waals surface area contributed by atoms with Crippen LogP contribution in [0, 0.1) is 0 Å². The van der Waals surface area contributed by atoms with E-state index in [-0.39, 0.29) is 16.7 Å². The number of ketones is 2. The fourth-order valence-corrected chi connectivity index (χ4v) is 3.06. The van der Waals surface area contributed by atoms with Crippen LogP contribution < -0.4 is 5.32 Å². The SMILES string of the molecule is CNc1c(C(F)(F)C(F)(F)C(F)(F)F)ccc2c1C(=O)c1ccccc1C2=O. The fourth-order valence-electron chi connectivity index (χ4n) is 3.06. The monoisotopic (exact) mass is 405 g/mol. The molecule has 10 heteroatoms. The maximum absolute atomic E-state index is 14.3. The summed E-state index contributed by atoms with van der Waals surface area (Å²) in [7, 11) is 0.971. The zero-order valence-corrected chi connectivity index (χ0v) is 13.9. The van der Waals surface area contributed by atoms with Gasteiger partial charge in [0, 0.05) is 23.7 Å². The van der Waals surface area contributed by atoms with Crippen LogP contribution in [0.5, 0.6) is 0 Å². The highest BCUT2D eigenvalue weighted by Gasteiger charge is 2.74. The Hall–Kier alpha value is -2.91. The van der Waals surface area contributed by atoms with Crippen LogP contribution in [0.1, 0.15) is 37.4 Å². The molecule has 0 unspecified atom stereocenters. The van der Waals surface area contributed by atoms with Crippen molar-refractivity contribution in [3.05, 3.63) is 64.2 Å². The Labute approximate surface area is 153 Å². The maximum Gasteiger partial charge on any atom is 0.460 e. The normalized spacial score (nSPS) is 14.6. The number of carbonyl (C=O) groups is 2. The summed E-state index contributed by atoms with van der Waals surface area (Å²) >= 11 is 0. The molecule has 0 aliphatic heterocycles. The Kier molecular flexibility index (Phi) is 4.28. The summed E-state index contributed by atoms with van der Waals surface area (Å²) in [5.74, 6) is -13.8. The van der Waals surface area contributed by atoms with Crippen molar-refractivity contribution in [2.24, 2.45) is 0 Å². The van der Waals surface area contributed by atoms with E-state index in [0.29, 0.717) is 12.1 Å². The number of nitrogens with one attached hydrogen (secondary N) is 1. The quantitative estimate of drug-likeness (QED) is 0.638. The van der Waals surface area contributed by atoms with Crippen LogP contribution in [0.25, 0.3) is 0 Å². The lowest BCUT2D eigenvalue weighted by atomic mass is 9.81. The number of fused-ring (bicyclic) bond motifs is 2. The summed E-state index contributed by atoms with van der Waals surface area (Å²) in [6, 6.07) is 6.35. The number of halogens is 7. The van der Waals surface area contributed by atoms with Crippen molar-refractivity contribution in [3.8, 4) is 0 Å². The van der Waals surface area contributed by atoms with Gasteiger partial charge in [0.15, 0.2) is 11.6 Å². The van der Waals surface area contributed by atoms with E-state index in [0.717, 1.165) is 7.05 Å². The summed E-state index contributed by atoms with van der Waals surface area (Å²) in [6.45, 7) is 0. The Morgan fingerprint density at radius 2 is 1.29 bits per heavy atom.